The summed E-state index contributed by atoms with van der Waals surface area (Å²) >= 11 is 0. The van der Waals surface area contributed by atoms with Gasteiger partial charge in [-0.05, 0) is 48.9 Å². The van der Waals surface area contributed by atoms with E-state index in [9.17, 15) is 24.8 Å². The number of carboxylic acids is 2. The second-order valence-electron chi connectivity index (χ2n) is 6.46. The molecule has 0 unspecified atom stereocenters. The Morgan fingerprint density at radius 3 is 2.25 bits per heavy atom. The van der Waals surface area contributed by atoms with E-state index >= 15 is 0 Å². The second kappa shape index (κ2) is 9.40. The molecule has 0 aliphatic carbocycles. The zero-order valence-electron chi connectivity index (χ0n) is 16.8. The molecule has 1 aromatic heterocycles. The van der Waals surface area contributed by atoms with Gasteiger partial charge >= 0.3 is 11.9 Å². The summed E-state index contributed by atoms with van der Waals surface area (Å²) in [6.07, 6.45) is 2.77. The van der Waals surface area contributed by atoms with Crippen molar-refractivity contribution in [3.05, 3.63) is 86.8 Å². The van der Waals surface area contributed by atoms with E-state index in [4.69, 9.17) is 9.84 Å². The van der Waals surface area contributed by atoms with Crippen LogP contribution >= 0.6 is 0 Å². The number of ether oxygens (including phenoxy) is 1. The summed E-state index contributed by atoms with van der Waals surface area (Å²) in [7, 11) is 0. The second-order valence-corrected chi connectivity index (χ2v) is 6.46. The van der Waals surface area contributed by atoms with Crippen LogP contribution in [0, 0.1) is 11.3 Å². The number of benzene rings is 2. The molecular weight excluding hydrogens is 414 g/mol. The molecule has 2 N–H and O–H groups in total. The van der Waals surface area contributed by atoms with E-state index in [1.807, 2.05) is 6.92 Å². The number of carboxylic acid groups (broad SMARTS) is 2. The lowest BCUT2D eigenvalue weighted by atomic mass is 10.1. The standard InChI is InChI=1S/C23H17N3O6/c1-2-32-17-10-8-16(9-11-17)26-21(27)19(13-24)18(20(25-26)23(30)31)12-5-14-3-6-15(7-4-14)22(28)29/h3-12H,2H2,1H3,(H,28,29)(H,30,31)/b12-5-. The van der Waals surface area contributed by atoms with Crippen LogP contribution in [0.2, 0.25) is 0 Å². The lowest BCUT2D eigenvalue weighted by Gasteiger charge is -2.10. The van der Waals surface area contributed by atoms with Gasteiger partial charge in [0.15, 0.2) is 5.69 Å². The molecule has 160 valence electrons. The fraction of sp³-hybridized carbons (Fsp3) is 0.0870. The van der Waals surface area contributed by atoms with Crippen molar-refractivity contribution in [3.8, 4) is 17.5 Å². The molecule has 32 heavy (non-hydrogen) atoms. The quantitative estimate of drug-likeness (QED) is 0.581. The maximum atomic E-state index is 12.9. The van der Waals surface area contributed by atoms with Crippen LogP contribution < -0.4 is 10.3 Å². The summed E-state index contributed by atoms with van der Waals surface area (Å²) in [6.45, 7) is 2.28. The van der Waals surface area contributed by atoms with Crippen LogP contribution in [0.15, 0.2) is 53.3 Å². The molecule has 0 fully saturated rings. The molecule has 0 aliphatic heterocycles. The normalized spacial score (nSPS) is 10.6. The number of rotatable bonds is 7. The lowest BCUT2D eigenvalue weighted by molar-refractivity contribution is 0.0680. The Morgan fingerprint density at radius 1 is 1.06 bits per heavy atom. The molecule has 1 heterocycles. The Balaban J connectivity index is 2.10. The summed E-state index contributed by atoms with van der Waals surface area (Å²) in [6, 6.07) is 13.8. The highest BCUT2D eigenvalue weighted by Crippen LogP contribution is 2.18. The van der Waals surface area contributed by atoms with Crippen LogP contribution in [0.3, 0.4) is 0 Å². The molecule has 3 rings (SSSR count). The molecule has 0 amide bonds. The summed E-state index contributed by atoms with van der Waals surface area (Å²) in [5.41, 5.74) is -0.871. The van der Waals surface area contributed by atoms with Crippen LogP contribution in [-0.4, -0.2) is 38.5 Å². The first-order chi connectivity index (χ1) is 15.3. The molecule has 0 spiro atoms. The molecule has 0 bridgehead atoms. The van der Waals surface area contributed by atoms with E-state index in [1.54, 1.807) is 18.2 Å². The van der Waals surface area contributed by atoms with Gasteiger partial charge in [0.2, 0.25) is 0 Å². The third-order valence-electron chi connectivity index (χ3n) is 4.44. The van der Waals surface area contributed by atoms with Crippen molar-refractivity contribution in [2.75, 3.05) is 6.61 Å². The number of hydrogen-bond donors (Lipinski definition) is 2. The minimum Gasteiger partial charge on any atom is -0.494 e. The van der Waals surface area contributed by atoms with Gasteiger partial charge in [0, 0.05) is 5.56 Å². The maximum Gasteiger partial charge on any atom is 0.357 e. The van der Waals surface area contributed by atoms with E-state index in [1.165, 1.54) is 48.6 Å². The molecular formula is C23H17N3O6. The van der Waals surface area contributed by atoms with Crippen LogP contribution in [0.25, 0.3) is 17.8 Å². The summed E-state index contributed by atoms with van der Waals surface area (Å²) < 4.78 is 6.21. The van der Waals surface area contributed by atoms with Crippen molar-refractivity contribution < 1.29 is 24.5 Å². The first-order valence-corrected chi connectivity index (χ1v) is 9.41. The van der Waals surface area contributed by atoms with Gasteiger partial charge in [0.1, 0.15) is 17.4 Å². The van der Waals surface area contributed by atoms with Crippen molar-refractivity contribution in [3.63, 3.8) is 0 Å². The zero-order chi connectivity index (χ0) is 23.3. The topological polar surface area (TPSA) is 143 Å². The predicted octanol–water partition coefficient (Wildman–Crippen LogP) is 3.07. The summed E-state index contributed by atoms with van der Waals surface area (Å²) in [5.74, 6) is -1.93. The molecule has 3 aromatic rings. The van der Waals surface area contributed by atoms with Gasteiger partial charge in [0.25, 0.3) is 5.56 Å². The van der Waals surface area contributed by atoms with Gasteiger partial charge in [-0.1, -0.05) is 24.3 Å². The maximum absolute atomic E-state index is 12.9. The summed E-state index contributed by atoms with van der Waals surface area (Å²) in [4.78, 5) is 35.7. The molecule has 2 aromatic carbocycles. The van der Waals surface area contributed by atoms with Crippen molar-refractivity contribution in [2.45, 2.75) is 6.92 Å². The molecule has 9 heteroatoms. The zero-order valence-corrected chi connectivity index (χ0v) is 16.8. The van der Waals surface area contributed by atoms with E-state index < -0.39 is 23.2 Å². The van der Waals surface area contributed by atoms with Crippen LogP contribution in [0.1, 0.15) is 44.5 Å². The Kier molecular flexibility index (Phi) is 6.46. The van der Waals surface area contributed by atoms with E-state index in [2.05, 4.69) is 5.10 Å². The first-order valence-electron chi connectivity index (χ1n) is 9.41. The predicted molar refractivity (Wildman–Crippen MR) is 115 cm³/mol. The number of carbonyl (C=O) groups is 2. The van der Waals surface area contributed by atoms with Gasteiger partial charge in [0.05, 0.1) is 17.9 Å². The number of nitrogens with zero attached hydrogens (tertiary/aromatic N) is 3. The summed E-state index contributed by atoms with van der Waals surface area (Å²) in [5, 5.41) is 32.2. The average molecular weight is 431 g/mol. The average Bonchev–Trinajstić information content (AvgIpc) is 2.78. The molecule has 0 saturated heterocycles. The molecule has 0 aliphatic rings. The highest BCUT2D eigenvalue weighted by Gasteiger charge is 2.21. The number of aromatic carboxylic acids is 2. The van der Waals surface area contributed by atoms with Crippen LogP contribution in [0.4, 0.5) is 0 Å². The highest BCUT2D eigenvalue weighted by molar-refractivity contribution is 5.93. The largest absolute Gasteiger partial charge is 0.494 e. The number of nitriles is 1. The van der Waals surface area contributed by atoms with Crippen molar-refractivity contribution in [2.24, 2.45) is 0 Å². The van der Waals surface area contributed by atoms with Crippen molar-refractivity contribution >= 4 is 24.1 Å². The van der Waals surface area contributed by atoms with E-state index in [0.29, 0.717) is 17.9 Å². The third kappa shape index (κ3) is 4.55. The van der Waals surface area contributed by atoms with Gasteiger partial charge in [-0.3, -0.25) is 4.79 Å². The Labute approximate surface area is 182 Å². The van der Waals surface area contributed by atoms with Gasteiger partial charge in [-0.15, -0.1) is 0 Å². The molecule has 0 atom stereocenters. The SMILES string of the molecule is CCOc1ccc(-n2nc(C(=O)O)c(/C=C\c3ccc(C(=O)O)cc3)c(C#N)c2=O)cc1. The number of hydrogen-bond acceptors (Lipinski definition) is 6. The Morgan fingerprint density at radius 2 is 1.72 bits per heavy atom. The highest BCUT2D eigenvalue weighted by atomic mass is 16.5. The molecule has 9 nitrogen and oxygen atoms in total. The lowest BCUT2D eigenvalue weighted by Crippen LogP contribution is -2.28. The fourth-order valence-corrected chi connectivity index (χ4v) is 2.91. The van der Waals surface area contributed by atoms with Crippen LogP contribution in [0.5, 0.6) is 5.75 Å². The Hall–Kier alpha value is -4.71. The molecule has 0 saturated carbocycles. The minimum atomic E-state index is -1.41. The van der Waals surface area contributed by atoms with E-state index in [-0.39, 0.29) is 22.4 Å². The van der Waals surface area contributed by atoms with Crippen molar-refractivity contribution in [1.29, 1.82) is 5.26 Å². The van der Waals surface area contributed by atoms with Gasteiger partial charge in [-0.2, -0.15) is 15.0 Å². The van der Waals surface area contributed by atoms with Crippen LogP contribution in [-0.2, 0) is 0 Å². The van der Waals surface area contributed by atoms with Gasteiger partial charge < -0.3 is 14.9 Å². The third-order valence-corrected chi connectivity index (χ3v) is 4.44. The van der Waals surface area contributed by atoms with Crippen molar-refractivity contribution in [1.82, 2.24) is 9.78 Å². The fourth-order valence-electron chi connectivity index (χ4n) is 2.91. The minimum absolute atomic E-state index is 0.0886. The first kappa shape index (κ1) is 22.0. The van der Waals surface area contributed by atoms with Gasteiger partial charge in [-0.25, -0.2) is 9.59 Å². The molecule has 0 radical (unpaired) electrons. The van der Waals surface area contributed by atoms with E-state index in [0.717, 1.165) is 4.68 Å². The smallest absolute Gasteiger partial charge is 0.357 e. The Bertz CT molecular complexity index is 1300. The monoisotopic (exact) mass is 431 g/mol. The number of aromatic nitrogens is 2.